The fraction of sp³-hybridized carbons (Fsp3) is 0.105. The van der Waals surface area contributed by atoms with Crippen LogP contribution < -0.4 is 10.6 Å². The summed E-state index contributed by atoms with van der Waals surface area (Å²) in [6.45, 7) is 3.99. The summed E-state index contributed by atoms with van der Waals surface area (Å²) in [6, 6.07) is 13.4. The lowest BCUT2D eigenvalue weighted by Gasteiger charge is -2.09. The first-order chi connectivity index (χ1) is 12.0. The fourth-order valence-corrected chi connectivity index (χ4v) is 2.47. The minimum atomic E-state index is -0.504. The molecule has 2 aromatic carbocycles. The van der Waals surface area contributed by atoms with E-state index in [0.717, 1.165) is 16.8 Å². The van der Waals surface area contributed by atoms with Crippen molar-refractivity contribution in [3.8, 4) is 0 Å². The molecule has 0 unspecified atom stereocenters. The van der Waals surface area contributed by atoms with Gasteiger partial charge in [0.2, 0.25) is 5.95 Å². The van der Waals surface area contributed by atoms with E-state index in [2.05, 4.69) is 26.7 Å². The molecule has 2 N–H and O–H groups in total. The topological polar surface area (TPSA) is 66.9 Å². The van der Waals surface area contributed by atoms with Gasteiger partial charge in [0.05, 0.1) is 5.69 Å². The van der Waals surface area contributed by atoms with Crippen molar-refractivity contribution in [3.05, 3.63) is 77.4 Å². The van der Waals surface area contributed by atoms with Crippen molar-refractivity contribution >= 4 is 23.2 Å². The molecule has 0 saturated heterocycles. The quantitative estimate of drug-likeness (QED) is 0.748. The monoisotopic (exact) mass is 336 g/mol. The van der Waals surface area contributed by atoms with Crippen LogP contribution in [0, 0.1) is 19.7 Å². The molecule has 0 aliphatic rings. The number of carbonyl (C=O) groups excluding carboxylic acids is 1. The van der Waals surface area contributed by atoms with Gasteiger partial charge >= 0.3 is 0 Å². The lowest BCUT2D eigenvalue weighted by Crippen LogP contribution is -2.15. The number of carbonyl (C=O) groups is 1. The van der Waals surface area contributed by atoms with Gasteiger partial charge < -0.3 is 10.6 Å². The van der Waals surface area contributed by atoms with Crippen molar-refractivity contribution in [2.75, 3.05) is 10.6 Å². The van der Waals surface area contributed by atoms with Crippen LogP contribution in [0.3, 0.4) is 0 Å². The van der Waals surface area contributed by atoms with E-state index in [-0.39, 0.29) is 11.4 Å². The molecule has 1 amide bonds. The van der Waals surface area contributed by atoms with E-state index in [4.69, 9.17) is 0 Å². The summed E-state index contributed by atoms with van der Waals surface area (Å²) >= 11 is 0. The van der Waals surface area contributed by atoms with E-state index < -0.39 is 11.7 Å². The second-order valence-corrected chi connectivity index (χ2v) is 5.70. The van der Waals surface area contributed by atoms with Crippen LogP contribution in [0.2, 0.25) is 0 Å². The smallest absolute Gasteiger partial charge is 0.274 e. The standard InChI is InChI=1S/C19H17FN4O/c1-12-9-13(2)11-14(10-12)22-19-21-8-7-17(24-19)18(25)23-16-6-4-3-5-15(16)20/h3-11H,1-2H3,(H,23,25)(H,21,22,24). The highest BCUT2D eigenvalue weighted by Crippen LogP contribution is 2.18. The van der Waals surface area contributed by atoms with Crippen LogP contribution in [0.1, 0.15) is 21.6 Å². The highest BCUT2D eigenvalue weighted by molar-refractivity contribution is 6.03. The summed E-state index contributed by atoms with van der Waals surface area (Å²) in [7, 11) is 0. The first-order valence-corrected chi connectivity index (χ1v) is 7.75. The summed E-state index contributed by atoms with van der Waals surface area (Å²) in [4.78, 5) is 20.6. The third-order valence-electron chi connectivity index (χ3n) is 3.49. The zero-order chi connectivity index (χ0) is 17.8. The molecule has 0 radical (unpaired) electrons. The van der Waals surface area contributed by atoms with Crippen molar-refractivity contribution in [1.82, 2.24) is 9.97 Å². The number of para-hydroxylation sites is 1. The van der Waals surface area contributed by atoms with Crippen LogP contribution in [0.4, 0.5) is 21.7 Å². The second kappa shape index (κ2) is 7.09. The van der Waals surface area contributed by atoms with Crippen molar-refractivity contribution in [2.45, 2.75) is 13.8 Å². The molecule has 0 spiro atoms. The lowest BCUT2D eigenvalue weighted by molar-refractivity contribution is 0.102. The van der Waals surface area contributed by atoms with Gasteiger partial charge in [-0.25, -0.2) is 14.4 Å². The molecule has 0 saturated carbocycles. The molecule has 1 heterocycles. The van der Waals surface area contributed by atoms with Crippen molar-refractivity contribution in [3.63, 3.8) is 0 Å². The highest BCUT2D eigenvalue weighted by Gasteiger charge is 2.11. The van der Waals surface area contributed by atoms with Crippen LogP contribution in [-0.4, -0.2) is 15.9 Å². The van der Waals surface area contributed by atoms with Crippen LogP contribution >= 0.6 is 0 Å². The molecule has 0 bridgehead atoms. The normalized spacial score (nSPS) is 10.4. The molecular formula is C19H17FN4O. The lowest BCUT2D eigenvalue weighted by atomic mass is 10.1. The number of benzene rings is 2. The Labute approximate surface area is 145 Å². The van der Waals surface area contributed by atoms with E-state index in [1.165, 1.54) is 24.4 Å². The van der Waals surface area contributed by atoms with E-state index in [9.17, 15) is 9.18 Å². The summed E-state index contributed by atoms with van der Waals surface area (Å²) in [5.74, 6) is -0.708. The minimum Gasteiger partial charge on any atom is -0.324 e. The summed E-state index contributed by atoms with van der Waals surface area (Å²) in [6.07, 6.45) is 1.48. The number of aromatic nitrogens is 2. The van der Waals surface area contributed by atoms with Gasteiger partial charge in [-0.1, -0.05) is 18.2 Å². The first-order valence-electron chi connectivity index (χ1n) is 7.75. The number of hydrogen-bond donors (Lipinski definition) is 2. The molecule has 0 atom stereocenters. The van der Waals surface area contributed by atoms with Crippen LogP contribution in [0.5, 0.6) is 0 Å². The molecule has 0 aliphatic carbocycles. The fourth-order valence-electron chi connectivity index (χ4n) is 2.47. The number of halogens is 1. The minimum absolute atomic E-state index is 0.106. The summed E-state index contributed by atoms with van der Waals surface area (Å²) in [5, 5.41) is 5.58. The van der Waals surface area contributed by atoms with Gasteiger partial charge in [-0.3, -0.25) is 4.79 Å². The third kappa shape index (κ3) is 4.17. The Balaban J connectivity index is 1.79. The molecule has 6 heteroatoms. The average molecular weight is 336 g/mol. The Hall–Kier alpha value is -3.28. The molecule has 3 rings (SSSR count). The van der Waals surface area contributed by atoms with Gasteiger partial charge in [-0.05, 0) is 55.3 Å². The molecule has 0 aliphatic heterocycles. The van der Waals surface area contributed by atoms with E-state index >= 15 is 0 Å². The Morgan fingerprint density at radius 3 is 2.48 bits per heavy atom. The predicted octanol–water partition coefficient (Wildman–Crippen LogP) is 4.23. The van der Waals surface area contributed by atoms with Crippen LogP contribution in [0.15, 0.2) is 54.7 Å². The number of nitrogens with one attached hydrogen (secondary N) is 2. The predicted molar refractivity (Wildman–Crippen MR) is 95.6 cm³/mol. The van der Waals surface area contributed by atoms with Gasteiger partial charge in [0.1, 0.15) is 11.5 Å². The van der Waals surface area contributed by atoms with Gasteiger partial charge in [-0.15, -0.1) is 0 Å². The molecule has 0 fully saturated rings. The highest BCUT2D eigenvalue weighted by atomic mass is 19.1. The number of anilines is 3. The van der Waals surface area contributed by atoms with Gasteiger partial charge in [-0.2, -0.15) is 0 Å². The van der Waals surface area contributed by atoms with Gasteiger partial charge in [0.25, 0.3) is 5.91 Å². The summed E-state index contributed by atoms with van der Waals surface area (Å²) in [5.41, 5.74) is 3.30. The molecule has 3 aromatic rings. The maximum absolute atomic E-state index is 13.6. The molecule has 25 heavy (non-hydrogen) atoms. The Kier molecular flexibility index (Phi) is 4.70. The van der Waals surface area contributed by atoms with Crippen LogP contribution in [-0.2, 0) is 0 Å². The zero-order valence-corrected chi connectivity index (χ0v) is 13.9. The summed E-state index contributed by atoms with van der Waals surface area (Å²) < 4.78 is 13.6. The zero-order valence-electron chi connectivity index (χ0n) is 13.9. The van der Waals surface area contributed by atoms with E-state index in [1.54, 1.807) is 12.1 Å². The second-order valence-electron chi connectivity index (χ2n) is 5.70. The van der Waals surface area contributed by atoms with Gasteiger partial charge in [0.15, 0.2) is 0 Å². The van der Waals surface area contributed by atoms with Crippen molar-refractivity contribution in [2.24, 2.45) is 0 Å². The molecule has 5 nitrogen and oxygen atoms in total. The number of amides is 1. The van der Waals surface area contributed by atoms with E-state index in [1.807, 2.05) is 26.0 Å². The largest absolute Gasteiger partial charge is 0.324 e. The van der Waals surface area contributed by atoms with Gasteiger partial charge in [0, 0.05) is 11.9 Å². The molecular weight excluding hydrogens is 319 g/mol. The number of aryl methyl sites for hydroxylation is 2. The Morgan fingerprint density at radius 2 is 1.76 bits per heavy atom. The average Bonchev–Trinajstić information content (AvgIpc) is 2.56. The maximum Gasteiger partial charge on any atom is 0.274 e. The third-order valence-corrected chi connectivity index (χ3v) is 3.49. The number of rotatable bonds is 4. The van der Waals surface area contributed by atoms with Crippen LogP contribution in [0.25, 0.3) is 0 Å². The van der Waals surface area contributed by atoms with Crippen molar-refractivity contribution < 1.29 is 9.18 Å². The first kappa shape index (κ1) is 16.6. The Bertz CT molecular complexity index is 907. The number of hydrogen-bond acceptors (Lipinski definition) is 4. The van der Waals surface area contributed by atoms with Crippen molar-refractivity contribution in [1.29, 1.82) is 0 Å². The molecule has 126 valence electrons. The SMILES string of the molecule is Cc1cc(C)cc(Nc2nccc(C(=O)Nc3ccccc3F)n2)c1. The maximum atomic E-state index is 13.6. The Morgan fingerprint density at radius 1 is 1.04 bits per heavy atom. The van der Waals surface area contributed by atoms with E-state index in [0.29, 0.717) is 5.95 Å². The molecule has 1 aromatic heterocycles. The number of nitrogens with zero attached hydrogens (tertiary/aromatic N) is 2.